The molecule has 0 aliphatic carbocycles. The molecule has 0 saturated carbocycles. The van der Waals surface area contributed by atoms with E-state index in [4.69, 9.17) is 4.74 Å². The number of halogens is 2. The molecule has 1 N–H and O–H groups in total. The van der Waals surface area contributed by atoms with Gasteiger partial charge in [0.2, 0.25) is 0 Å². The van der Waals surface area contributed by atoms with Gasteiger partial charge in [-0.15, -0.1) is 0 Å². The van der Waals surface area contributed by atoms with Crippen LogP contribution in [0.1, 0.15) is 24.9 Å². The summed E-state index contributed by atoms with van der Waals surface area (Å²) in [7, 11) is 0. The highest BCUT2D eigenvalue weighted by atomic mass is 79.9. The van der Waals surface area contributed by atoms with Crippen LogP contribution in [0.2, 0.25) is 0 Å². The van der Waals surface area contributed by atoms with Gasteiger partial charge >= 0.3 is 0 Å². The second-order valence-electron chi connectivity index (χ2n) is 3.90. The van der Waals surface area contributed by atoms with Gasteiger partial charge in [-0.3, -0.25) is 0 Å². The molecule has 0 amide bonds. The van der Waals surface area contributed by atoms with Crippen LogP contribution in [0, 0.1) is 5.82 Å². The summed E-state index contributed by atoms with van der Waals surface area (Å²) in [5.41, 5.74) is 0.620. The molecule has 1 aromatic rings. The summed E-state index contributed by atoms with van der Waals surface area (Å²) in [5.74, 6) is 0.611. The van der Waals surface area contributed by atoms with Crippen molar-refractivity contribution in [3.8, 4) is 0 Å². The van der Waals surface area contributed by atoms with E-state index in [-0.39, 0.29) is 11.9 Å². The highest BCUT2D eigenvalue weighted by molar-refractivity contribution is 9.10. The van der Waals surface area contributed by atoms with Gasteiger partial charge in [0, 0.05) is 16.5 Å². The molecule has 2 nitrogen and oxygen atoms in total. The Morgan fingerprint density at radius 1 is 1.53 bits per heavy atom. The summed E-state index contributed by atoms with van der Waals surface area (Å²) < 4.78 is 20.3. The predicted octanol–water partition coefficient (Wildman–Crippen LogP) is 3.54. The van der Waals surface area contributed by atoms with Crippen LogP contribution >= 0.6 is 15.9 Å². The maximum Gasteiger partial charge on any atom is 0.128 e. The third-order valence-electron chi connectivity index (χ3n) is 2.69. The highest BCUT2D eigenvalue weighted by Crippen LogP contribution is 2.30. The first-order valence-corrected chi connectivity index (χ1v) is 6.53. The van der Waals surface area contributed by atoms with Crippen LogP contribution in [0.5, 0.6) is 0 Å². The lowest BCUT2D eigenvalue weighted by molar-refractivity contribution is 0.214. The van der Waals surface area contributed by atoms with Crippen LogP contribution in [-0.4, -0.2) is 13.2 Å². The second-order valence-corrected chi connectivity index (χ2v) is 4.82. The van der Waals surface area contributed by atoms with Crippen molar-refractivity contribution in [1.29, 1.82) is 0 Å². The first-order valence-electron chi connectivity index (χ1n) is 5.73. The fourth-order valence-corrected chi connectivity index (χ4v) is 2.32. The molecule has 1 aliphatic rings. The van der Waals surface area contributed by atoms with E-state index in [1.165, 1.54) is 6.07 Å². The summed E-state index contributed by atoms with van der Waals surface area (Å²) in [6, 6.07) is 4.77. The molecular formula is C13H15BrFNO. The number of hydrogen-bond donors (Lipinski definition) is 1. The van der Waals surface area contributed by atoms with Gasteiger partial charge in [0.15, 0.2) is 0 Å². The normalized spacial score (nSPS) is 16.5. The van der Waals surface area contributed by atoms with Crippen LogP contribution in [-0.2, 0) is 4.74 Å². The molecular weight excluding hydrogens is 285 g/mol. The molecule has 1 unspecified atom stereocenters. The van der Waals surface area contributed by atoms with E-state index in [2.05, 4.69) is 21.2 Å². The Morgan fingerprint density at radius 2 is 2.35 bits per heavy atom. The Hall–Kier alpha value is -0.870. The molecule has 0 spiro atoms. The molecule has 1 heterocycles. The Morgan fingerprint density at radius 3 is 3.00 bits per heavy atom. The van der Waals surface area contributed by atoms with Crippen molar-refractivity contribution in [2.45, 2.75) is 19.4 Å². The fraction of sp³-hybridized carbons (Fsp3) is 0.385. The summed E-state index contributed by atoms with van der Waals surface area (Å²) >= 11 is 3.37. The monoisotopic (exact) mass is 299 g/mol. The predicted molar refractivity (Wildman–Crippen MR) is 69.2 cm³/mol. The zero-order valence-electron chi connectivity index (χ0n) is 9.67. The molecule has 1 atom stereocenters. The van der Waals surface area contributed by atoms with E-state index in [0.717, 1.165) is 23.2 Å². The first kappa shape index (κ1) is 12.6. The highest BCUT2D eigenvalue weighted by Gasteiger charge is 2.22. The SMILES string of the molecule is CCNC(C1=CCCO1)c1cc(Br)ccc1F. The maximum atomic E-state index is 13.9. The molecule has 2 rings (SSSR count). The minimum atomic E-state index is -0.212. The third-order valence-corrected chi connectivity index (χ3v) is 3.19. The second kappa shape index (κ2) is 5.65. The van der Waals surface area contributed by atoms with Gasteiger partial charge in [-0.1, -0.05) is 22.9 Å². The summed E-state index contributed by atoms with van der Waals surface area (Å²) in [6.07, 6.45) is 2.92. The lowest BCUT2D eigenvalue weighted by atomic mass is 10.0. The average molecular weight is 300 g/mol. The Bertz CT molecular complexity index is 433. The topological polar surface area (TPSA) is 21.3 Å². The van der Waals surface area contributed by atoms with Gasteiger partial charge in [0.1, 0.15) is 11.6 Å². The van der Waals surface area contributed by atoms with Gasteiger partial charge in [-0.2, -0.15) is 0 Å². The van der Waals surface area contributed by atoms with Crippen molar-refractivity contribution in [2.75, 3.05) is 13.2 Å². The van der Waals surface area contributed by atoms with E-state index >= 15 is 0 Å². The molecule has 1 aromatic carbocycles. The molecule has 0 saturated heterocycles. The van der Waals surface area contributed by atoms with Gasteiger partial charge in [0.05, 0.1) is 12.6 Å². The molecule has 0 aromatic heterocycles. The first-order chi connectivity index (χ1) is 8.22. The Kier molecular flexibility index (Phi) is 4.18. The van der Waals surface area contributed by atoms with Crippen LogP contribution < -0.4 is 5.32 Å². The van der Waals surface area contributed by atoms with E-state index in [1.807, 2.05) is 13.0 Å². The molecule has 0 fully saturated rings. The minimum absolute atomic E-state index is 0.194. The lowest BCUT2D eigenvalue weighted by Gasteiger charge is -2.20. The summed E-state index contributed by atoms with van der Waals surface area (Å²) in [6.45, 7) is 3.45. The van der Waals surface area contributed by atoms with E-state index in [0.29, 0.717) is 12.2 Å². The average Bonchev–Trinajstić information content (AvgIpc) is 2.83. The van der Waals surface area contributed by atoms with Crippen molar-refractivity contribution in [3.05, 3.63) is 45.9 Å². The molecule has 17 heavy (non-hydrogen) atoms. The molecule has 92 valence electrons. The van der Waals surface area contributed by atoms with Crippen molar-refractivity contribution < 1.29 is 9.13 Å². The molecule has 4 heteroatoms. The van der Waals surface area contributed by atoms with E-state index in [9.17, 15) is 4.39 Å². The Balaban J connectivity index is 2.34. The third kappa shape index (κ3) is 2.87. The molecule has 0 radical (unpaired) electrons. The van der Waals surface area contributed by atoms with Crippen LogP contribution in [0.25, 0.3) is 0 Å². The quantitative estimate of drug-likeness (QED) is 0.918. The van der Waals surface area contributed by atoms with Crippen molar-refractivity contribution >= 4 is 15.9 Å². The maximum absolute atomic E-state index is 13.9. The van der Waals surface area contributed by atoms with E-state index < -0.39 is 0 Å². The number of likely N-dealkylation sites (N-methyl/N-ethyl adjacent to an activating group) is 1. The van der Waals surface area contributed by atoms with Crippen molar-refractivity contribution in [3.63, 3.8) is 0 Å². The van der Waals surface area contributed by atoms with Crippen LogP contribution in [0.3, 0.4) is 0 Å². The van der Waals surface area contributed by atoms with Crippen LogP contribution in [0.15, 0.2) is 34.5 Å². The van der Waals surface area contributed by atoms with Crippen molar-refractivity contribution in [1.82, 2.24) is 5.32 Å². The number of nitrogens with one attached hydrogen (secondary N) is 1. The number of rotatable bonds is 4. The standard InChI is InChI=1S/C13H15BrFNO/c1-2-16-13(12-4-3-7-17-12)10-8-9(14)5-6-11(10)15/h4-6,8,13,16H,2-3,7H2,1H3. The van der Waals surface area contributed by atoms with Gasteiger partial charge in [0.25, 0.3) is 0 Å². The zero-order chi connectivity index (χ0) is 12.3. The minimum Gasteiger partial charge on any atom is -0.496 e. The number of benzene rings is 1. The zero-order valence-corrected chi connectivity index (χ0v) is 11.3. The summed E-state index contributed by atoms with van der Waals surface area (Å²) in [4.78, 5) is 0. The van der Waals surface area contributed by atoms with E-state index in [1.54, 1.807) is 12.1 Å². The van der Waals surface area contributed by atoms with Crippen LogP contribution in [0.4, 0.5) is 4.39 Å². The number of ether oxygens (including phenoxy) is 1. The fourth-order valence-electron chi connectivity index (χ4n) is 1.94. The largest absolute Gasteiger partial charge is 0.496 e. The van der Waals surface area contributed by atoms with Gasteiger partial charge in [-0.25, -0.2) is 4.39 Å². The van der Waals surface area contributed by atoms with Crippen molar-refractivity contribution in [2.24, 2.45) is 0 Å². The smallest absolute Gasteiger partial charge is 0.128 e. The summed E-state index contributed by atoms with van der Waals surface area (Å²) in [5, 5.41) is 3.25. The molecule has 1 aliphatic heterocycles. The van der Waals surface area contributed by atoms with Gasteiger partial charge in [-0.05, 0) is 30.8 Å². The lowest BCUT2D eigenvalue weighted by Crippen LogP contribution is -2.24. The molecule has 0 bridgehead atoms. The Labute approximate surface area is 109 Å². The number of hydrogen-bond acceptors (Lipinski definition) is 2. The van der Waals surface area contributed by atoms with Gasteiger partial charge < -0.3 is 10.1 Å².